The van der Waals surface area contributed by atoms with Crippen LogP contribution in [0.5, 0.6) is 5.75 Å². The van der Waals surface area contributed by atoms with E-state index in [1.54, 1.807) is 7.11 Å². The molecule has 2 N–H and O–H groups in total. The fourth-order valence-corrected chi connectivity index (χ4v) is 4.67. The predicted molar refractivity (Wildman–Crippen MR) is 134 cm³/mol. The molecular formula is C25H44N6O. The third-order valence-electron chi connectivity index (χ3n) is 6.73. The maximum Gasteiger partial charge on any atom is 0.191 e. The van der Waals surface area contributed by atoms with Crippen LogP contribution in [0.15, 0.2) is 29.3 Å². The molecule has 2 saturated heterocycles. The van der Waals surface area contributed by atoms with Crippen molar-refractivity contribution in [1.29, 1.82) is 0 Å². The van der Waals surface area contributed by atoms with E-state index in [0.717, 1.165) is 70.6 Å². The first-order valence-electron chi connectivity index (χ1n) is 12.6. The Hall–Kier alpha value is -1.83. The fraction of sp³-hybridized carbons (Fsp3) is 0.720. The zero-order valence-electron chi connectivity index (χ0n) is 20.5. The van der Waals surface area contributed by atoms with E-state index in [2.05, 4.69) is 63.4 Å². The van der Waals surface area contributed by atoms with E-state index in [-0.39, 0.29) is 0 Å². The summed E-state index contributed by atoms with van der Waals surface area (Å²) < 4.78 is 5.36. The largest absolute Gasteiger partial charge is 0.497 e. The lowest BCUT2D eigenvalue weighted by molar-refractivity contribution is 0.139. The molecule has 1 aromatic carbocycles. The van der Waals surface area contributed by atoms with Gasteiger partial charge in [0.1, 0.15) is 5.75 Å². The van der Waals surface area contributed by atoms with E-state index in [0.29, 0.717) is 6.04 Å². The minimum Gasteiger partial charge on any atom is -0.497 e. The Bertz CT molecular complexity index is 666. The summed E-state index contributed by atoms with van der Waals surface area (Å²) in [5.41, 5.74) is 1.32. The molecule has 0 saturated carbocycles. The maximum absolute atomic E-state index is 5.36. The highest BCUT2D eigenvalue weighted by Gasteiger charge is 2.22. The monoisotopic (exact) mass is 444 g/mol. The molecule has 0 bridgehead atoms. The first kappa shape index (κ1) is 24.8. The second kappa shape index (κ2) is 13.7. The molecule has 7 nitrogen and oxygen atoms in total. The zero-order valence-corrected chi connectivity index (χ0v) is 20.5. The van der Waals surface area contributed by atoms with Crippen LogP contribution < -0.4 is 15.4 Å². The van der Waals surface area contributed by atoms with Gasteiger partial charge in [-0.15, -0.1) is 0 Å². The Kier molecular flexibility index (Phi) is 10.6. The summed E-state index contributed by atoms with van der Waals surface area (Å²) in [5.74, 6) is 1.83. The second-order valence-corrected chi connectivity index (χ2v) is 8.81. The molecule has 2 fully saturated rings. The number of ether oxygens (including phenoxy) is 1. The highest BCUT2D eigenvalue weighted by molar-refractivity contribution is 5.79. The topological polar surface area (TPSA) is 55.4 Å². The number of nitrogens with one attached hydrogen (secondary N) is 2. The molecule has 3 rings (SSSR count). The summed E-state index contributed by atoms with van der Waals surface area (Å²) in [4.78, 5) is 12.7. The van der Waals surface area contributed by atoms with Crippen LogP contribution in [0.25, 0.3) is 0 Å². The molecule has 180 valence electrons. The smallest absolute Gasteiger partial charge is 0.191 e. The third kappa shape index (κ3) is 7.64. The number of hydrogen-bond donors (Lipinski definition) is 2. The highest BCUT2D eigenvalue weighted by Crippen LogP contribution is 2.26. The Morgan fingerprint density at radius 1 is 0.938 bits per heavy atom. The number of likely N-dealkylation sites (N-methyl/N-ethyl adjacent to an activating group) is 1. The van der Waals surface area contributed by atoms with Crippen molar-refractivity contribution >= 4 is 5.96 Å². The number of aliphatic imine (C=N–C) groups is 1. The van der Waals surface area contributed by atoms with Gasteiger partial charge in [0, 0.05) is 45.8 Å². The molecule has 1 atom stereocenters. The van der Waals surface area contributed by atoms with Gasteiger partial charge in [0.25, 0.3) is 0 Å². The lowest BCUT2D eigenvalue weighted by Gasteiger charge is -2.34. The van der Waals surface area contributed by atoms with Crippen molar-refractivity contribution in [3.8, 4) is 5.75 Å². The summed E-state index contributed by atoms with van der Waals surface area (Å²) in [7, 11) is 1.72. The number of methoxy groups -OCH3 is 1. The number of likely N-dealkylation sites (tertiary alicyclic amines) is 1. The lowest BCUT2D eigenvalue weighted by atomic mass is 10.0. The van der Waals surface area contributed by atoms with Crippen molar-refractivity contribution in [2.75, 3.05) is 79.1 Å². The SMILES string of the molecule is CCNC(=NCC(c1ccc(OC)cc1)N1CCCCC1)NCCN1CCN(CC)CC1. The van der Waals surface area contributed by atoms with Crippen molar-refractivity contribution in [1.82, 2.24) is 25.3 Å². The van der Waals surface area contributed by atoms with Gasteiger partial charge in [0.05, 0.1) is 19.7 Å². The quantitative estimate of drug-likeness (QED) is 0.427. The van der Waals surface area contributed by atoms with Crippen LogP contribution >= 0.6 is 0 Å². The molecule has 0 aromatic heterocycles. The summed E-state index contributed by atoms with van der Waals surface area (Å²) in [6, 6.07) is 8.84. The maximum atomic E-state index is 5.36. The Morgan fingerprint density at radius 2 is 1.62 bits per heavy atom. The number of nitrogens with zero attached hydrogens (tertiary/aromatic N) is 4. The van der Waals surface area contributed by atoms with Crippen LogP contribution in [0.4, 0.5) is 0 Å². The minimum absolute atomic E-state index is 0.304. The molecule has 1 aromatic rings. The molecule has 2 aliphatic heterocycles. The number of guanidine groups is 1. The number of rotatable bonds is 10. The van der Waals surface area contributed by atoms with E-state index < -0.39 is 0 Å². The third-order valence-corrected chi connectivity index (χ3v) is 6.73. The van der Waals surface area contributed by atoms with Crippen LogP contribution in [-0.4, -0.2) is 99.8 Å². The summed E-state index contributed by atoms with van der Waals surface area (Å²) in [6.07, 6.45) is 3.89. The van der Waals surface area contributed by atoms with Crippen LogP contribution in [0, 0.1) is 0 Å². The molecular weight excluding hydrogens is 400 g/mol. The Morgan fingerprint density at radius 3 is 2.25 bits per heavy atom. The molecule has 7 heteroatoms. The predicted octanol–water partition coefficient (Wildman–Crippen LogP) is 2.41. The van der Waals surface area contributed by atoms with Gasteiger partial charge in [-0.05, 0) is 57.1 Å². The van der Waals surface area contributed by atoms with Gasteiger partial charge < -0.3 is 20.3 Å². The zero-order chi connectivity index (χ0) is 22.6. The molecule has 32 heavy (non-hydrogen) atoms. The van der Waals surface area contributed by atoms with Gasteiger partial charge in [-0.1, -0.05) is 25.5 Å². The number of piperidine rings is 1. The first-order valence-corrected chi connectivity index (χ1v) is 12.6. The van der Waals surface area contributed by atoms with Crippen molar-refractivity contribution in [3.05, 3.63) is 29.8 Å². The molecule has 1 unspecified atom stereocenters. The molecule has 2 heterocycles. The van der Waals surface area contributed by atoms with E-state index in [1.165, 1.54) is 37.9 Å². The van der Waals surface area contributed by atoms with Crippen LogP contribution in [0.3, 0.4) is 0 Å². The molecule has 0 amide bonds. The minimum atomic E-state index is 0.304. The van der Waals surface area contributed by atoms with E-state index in [1.807, 2.05) is 0 Å². The van der Waals surface area contributed by atoms with Crippen molar-refractivity contribution in [3.63, 3.8) is 0 Å². The van der Waals surface area contributed by atoms with Crippen LogP contribution in [0.1, 0.15) is 44.7 Å². The van der Waals surface area contributed by atoms with Gasteiger partial charge >= 0.3 is 0 Å². The first-order chi connectivity index (χ1) is 15.7. The van der Waals surface area contributed by atoms with Crippen LogP contribution in [-0.2, 0) is 0 Å². The lowest BCUT2D eigenvalue weighted by Crippen LogP contribution is -2.49. The van der Waals surface area contributed by atoms with Gasteiger partial charge in [-0.2, -0.15) is 0 Å². The molecule has 0 spiro atoms. The summed E-state index contributed by atoms with van der Waals surface area (Å²) >= 11 is 0. The van der Waals surface area contributed by atoms with E-state index in [4.69, 9.17) is 9.73 Å². The Balaban J connectivity index is 1.58. The average Bonchev–Trinajstić information content (AvgIpc) is 2.85. The molecule has 0 aliphatic carbocycles. The number of benzene rings is 1. The van der Waals surface area contributed by atoms with Crippen molar-refractivity contribution in [2.45, 2.75) is 39.2 Å². The van der Waals surface area contributed by atoms with Crippen molar-refractivity contribution < 1.29 is 4.74 Å². The average molecular weight is 445 g/mol. The standard InChI is InChI=1S/C25H44N6O/c1-4-26-25(27-13-16-30-19-17-29(5-2)18-20-30)28-21-24(31-14-7-6-8-15-31)22-9-11-23(32-3)12-10-22/h9-12,24H,4-8,13-21H2,1-3H3,(H2,26,27,28). The van der Waals surface area contributed by atoms with Crippen molar-refractivity contribution in [2.24, 2.45) is 4.99 Å². The number of piperazine rings is 1. The number of hydrogen-bond acceptors (Lipinski definition) is 5. The van der Waals surface area contributed by atoms with E-state index in [9.17, 15) is 0 Å². The van der Waals surface area contributed by atoms with Gasteiger partial charge in [0.15, 0.2) is 5.96 Å². The van der Waals surface area contributed by atoms with Crippen LogP contribution in [0.2, 0.25) is 0 Å². The van der Waals surface area contributed by atoms with Gasteiger partial charge in [0.2, 0.25) is 0 Å². The summed E-state index contributed by atoms with van der Waals surface area (Å²) in [5, 5.41) is 7.00. The van der Waals surface area contributed by atoms with E-state index >= 15 is 0 Å². The molecule has 0 radical (unpaired) electrons. The van der Waals surface area contributed by atoms with Gasteiger partial charge in [-0.25, -0.2) is 0 Å². The highest BCUT2D eigenvalue weighted by atomic mass is 16.5. The molecule has 2 aliphatic rings. The normalized spacial score (nSPS) is 20.2. The summed E-state index contributed by atoms with van der Waals surface area (Å²) in [6.45, 7) is 16.2. The second-order valence-electron chi connectivity index (χ2n) is 8.81. The Labute approximate surface area is 195 Å². The fourth-order valence-electron chi connectivity index (χ4n) is 4.67. The van der Waals surface area contributed by atoms with Gasteiger partial charge in [-0.3, -0.25) is 14.8 Å².